The van der Waals surface area contributed by atoms with E-state index in [1.165, 1.54) is 6.20 Å². The van der Waals surface area contributed by atoms with Gasteiger partial charge in [0.2, 0.25) is 0 Å². The summed E-state index contributed by atoms with van der Waals surface area (Å²) in [5.74, 6) is 0.0578. The summed E-state index contributed by atoms with van der Waals surface area (Å²) in [5, 5.41) is 0. The first kappa shape index (κ1) is 12.2. The highest BCUT2D eigenvalue weighted by Gasteiger charge is 2.11. The van der Waals surface area contributed by atoms with E-state index in [1.54, 1.807) is 12.3 Å². The van der Waals surface area contributed by atoms with Crippen LogP contribution in [0.3, 0.4) is 0 Å². The highest BCUT2D eigenvalue weighted by atomic mass is 16.5. The lowest BCUT2D eigenvalue weighted by Gasteiger charge is -2.07. The topological polar surface area (TPSA) is 52.1 Å². The van der Waals surface area contributed by atoms with Crippen molar-refractivity contribution in [3.8, 4) is 5.75 Å². The first-order valence-electron chi connectivity index (χ1n) is 5.64. The molecule has 1 aromatic carbocycles. The summed E-state index contributed by atoms with van der Waals surface area (Å²) in [5.41, 5.74) is 3.02. The normalized spacial score (nSPS) is 10.2. The van der Waals surface area contributed by atoms with E-state index in [-0.39, 0.29) is 5.69 Å². The van der Waals surface area contributed by atoms with Gasteiger partial charge in [0, 0.05) is 6.20 Å². The summed E-state index contributed by atoms with van der Waals surface area (Å²) >= 11 is 0. The van der Waals surface area contributed by atoms with Crippen LogP contribution in [0.25, 0.3) is 0 Å². The van der Waals surface area contributed by atoms with Crippen molar-refractivity contribution in [2.24, 2.45) is 0 Å². The molecule has 0 amide bonds. The molecule has 4 nitrogen and oxygen atoms in total. The quantitative estimate of drug-likeness (QED) is 0.600. The Labute approximate surface area is 106 Å². The minimum Gasteiger partial charge on any atom is -0.421 e. The van der Waals surface area contributed by atoms with Crippen LogP contribution in [0.15, 0.2) is 30.6 Å². The molecule has 0 fully saturated rings. The maximum Gasteiger partial charge on any atom is 0.363 e. The molecule has 2 rings (SSSR count). The number of benzene rings is 1. The molecule has 0 radical (unpaired) electrons. The Bertz CT molecular complexity index is 577. The number of carbonyl (C=O) groups is 1. The molecular weight excluding hydrogens is 228 g/mol. The lowest BCUT2D eigenvalue weighted by atomic mass is 10.1. The van der Waals surface area contributed by atoms with Crippen LogP contribution in [-0.2, 0) is 0 Å². The Morgan fingerprint density at radius 3 is 2.50 bits per heavy atom. The van der Waals surface area contributed by atoms with Crippen LogP contribution in [0.2, 0.25) is 0 Å². The third-order valence-electron chi connectivity index (χ3n) is 2.52. The van der Waals surface area contributed by atoms with Crippen molar-refractivity contribution in [2.75, 3.05) is 0 Å². The van der Waals surface area contributed by atoms with E-state index < -0.39 is 5.97 Å². The van der Waals surface area contributed by atoms with Crippen molar-refractivity contribution < 1.29 is 9.53 Å². The average Bonchev–Trinajstić information content (AvgIpc) is 2.33. The van der Waals surface area contributed by atoms with Gasteiger partial charge in [-0.25, -0.2) is 9.78 Å². The molecule has 0 spiro atoms. The number of aryl methyl sites for hydroxylation is 3. The van der Waals surface area contributed by atoms with E-state index in [9.17, 15) is 4.79 Å². The first-order chi connectivity index (χ1) is 8.56. The second-order valence-corrected chi connectivity index (χ2v) is 4.20. The number of nitrogens with zero attached hydrogens (tertiary/aromatic N) is 2. The summed E-state index contributed by atoms with van der Waals surface area (Å²) < 4.78 is 5.28. The molecule has 0 aliphatic rings. The Morgan fingerprint density at radius 2 is 1.89 bits per heavy atom. The monoisotopic (exact) mass is 242 g/mol. The SMILES string of the molecule is Cc1ccc(OC(=O)c2cnc(C)cn2)c(C)c1. The van der Waals surface area contributed by atoms with Crippen molar-refractivity contribution >= 4 is 5.97 Å². The fourth-order valence-electron chi connectivity index (χ4n) is 1.56. The molecule has 92 valence electrons. The predicted octanol–water partition coefficient (Wildman–Crippen LogP) is 2.62. The second-order valence-electron chi connectivity index (χ2n) is 4.20. The Kier molecular flexibility index (Phi) is 3.37. The number of aromatic nitrogens is 2. The lowest BCUT2D eigenvalue weighted by Crippen LogP contribution is -2.11. The Morgan fingerprint density at radius 1 is 1.11 bits per heavy atom. The van der Waals surface area contributed by atoms with Gasteiger partial charge in [-0.15, -0.1) is 0 Å². The maximum absolute atomic E-state index is 11.8. The van der Waals surface area contributed by atoms with Gasteiger partial charge in [0.25, 0.3) is 0 Å². The van der Waals surface area contributed by atoms with E-state index in [2.05, 4.69) is 9.97 Å². The van der Waals surface area contributed by atoms with E-state index in [4.69, 9.17) is 4.74 Å². The van der Waals surface area contributed by atoms with Gasteiger partial charge >= 0.3 is 5.97 Å². The van der Waals surface area contributed by atoms with Crippen molar-refractivity contribution in [1.82, 2.24) is 9.97 Å². The second kappa shape index (κ2) is 4.96. The molecule has 0 saturated heterocycles. The molecule has 18 heavy (non-hydrogen) atoms. The van der Waals surface area contributed by atoms with Crippen molar-refractivity contribution in [2.45, 2.75) is 20.8 Å². The smallest absolute Gasteiger partial charge is 0.363 e. The van der Waals surface area contributed by atoms with Crippen LogP contribution in [0.1, 0.15) is 27.3 Å². The van der Waals surface area contributed by atoms with Gasteiger partial charge in [0.15, 0.2) is 5.69 Å². The summed E-state index contributed by atoms with van der Waals surface area (Å²) in [7, 11) is 0. The van der Waals surface area contributed by atoms with Gasteiger partial charge < -0.3 is 4.74 Å². The fraction of sp³-hybridized carbons (Fsp3) is 0.214. The number of rotatable bonds is 2. The molecule has 0 aliphatic carbocycles. The highest BCUT2D eigenvalue weighted by molar-refractivity contribution is 5.88. The largest absolute Gasteiger partial charge is 0.421 e. The zero-order valence-corrected chi connectivity index (χ0v) is 10.6. The summed E-state index contributed by atoms with van der Waals surface area (Å²) in [6.45, 7) is 5.70. The summed E-state index contributed by atoms with van der Waals surface area (Å²) in [6.07, 6.45) is 2.96. The van der Waals surface area contributed by atoms with E-state index in [0.29, 0.717) is 5.75 Å². The van der Waals surface area contributed by atoms with E-state index in [0.717, 1.165) is 16.8 Å². The average molecular weight is 242 g/mol. The van der Waals surface area contributed by atoms with Crippen molar-refractivity contribution in [3.05, 3.63) is 53.1 Å². The first-order valence-corrected chi connectivity index (χ1v) is 5.64. The van der Waals surface area contributed by atoms with Crippen LogP contribution >= 0.6 is 0 Å². The minimum absolute atomic E-state index is 0.209. The summed E-state index contributed by atoms with van der Waals surface area (Å²) in [4.78, 5) is 19.8. The standard InChI is InChI=1S/C14H14N2O2/c1-9-4-5-13(10(2)6-9)18-14(17)12-8-15-11(3)7-16-12/h4-8H,1-3H3. The lowest BCUT2D eigenvalue weighted by molar-refractivity contribution is 0.0727. The molecule has 0 saturated carbocycles. The highest BCUT2D eigenvalue weighted by Crippen LogP contribution is 2.19. The van der Waals surface area contributed by atoms with Crippen LogP contribution < -0.4 is 4.74 Å². The Hall–Kier alpha value is -2.23. The van der Waals surface area contributed by atoms with Crippen LogP contribution in [0, 0.1) is 20.8 Å². The van der Waals surface area contributed by atoms with Crippen molar-refractivity contribution in [3.63, 3.8) is 0 Å². The van der Waals surface area contributed by atoms with E-state index >= 15 is 0 Å². The molecule has 1 heterocycles. The van der Waals surface area contributed by atoms with Gasteiger partial charge in [0.05, 0.1) is 11.9 Å². The van der Waals surface area contributed by atoms with Crippen LogP contribution in [-0.4, -0.2) is 15.9 Å². The number of carbonyl (C=O) groups excluding carboxylic acids is 1. The third kappa shape index (κ3) is 2.71. The predicted molar refractivity (Wildman–Crippen MR) is 67.6 cm³/mol. The molecule has 0 bridgehead atoms. The number of esters is 1. The van der Waals surface area contributed by atoms with Crippen LogP contribution in [0.5, 0.6) is 5.75 Å². The minimum atomic E-state index is -0.491. The number of hydrogen-bond donors (Lipinski definition) is 0. The third-order valence-corrected chi connectivity index (χ3v) is 2.52. The van der Waals surface area contributed by atoms with Gasteiger partial charge in [-0.05, 0) is 32.4 Å². The number of hydrogen-bond acceptors (Lipinski definition) is 4. The molecule has 0 N–H and O–H groups in total. The van der Waals surface area contributed by atoms with E-state index in [1.807, 2.05) is 32.9 Å². The summed E-state index contributed by atoms with van der Waals surface area (Å²) in [6, 6.07) is 5.64. The zero-order chi connectivity index (χ0) is 13.1. The zero-order valence-electron chi connectivity index (χ0n) is 10.6. The molecule has 0 aliphatic heterocycles. The number of ether oxygens (including phenoxy) is 1. The van der Waals surface area contributed by atoms with Gasteiger partial charge in [-0.3, -0.25) is 4.98 Å². The molecule has 1 aromatic heterocycles. The van der Waals surface area contributed by atoms with Crippen molar-refractivity contribution in [1.29, 1.82) is 0 Å². The van der Waals surface area contributed by atoms with Crippen LogP contribution in [0.4, 0.5) is 0 Å². The van der Waals surface area contributed by atoms with Gasteiger partial charge in [-0.2, -0.15) is 0 Å². The maximum atomic E-state index is 11.8. The molecule has 4 heteroatoms. The molecule has 0 atom stereocenters. The molecular formula is C14H14N2O2. The molecule has 2 aromatic rings. The fourth-order valence-corrected chi connectivity index (χ4v) is 1.56. The Balaban J connectivity index is 2.18. The van der Waals surface area contributed by atoms with Gasteiger partial charge in [-0.1, -0.05) is 17.7 Å². The molecule has 0 unspecified atom stereocenters. The van der Waals surface area contributed by atoms with Gasteiger partial charge in [0.1, 0.15) is 5.75 Å².